The van der Waals surface area contributed by atoms with E-state index in [2.05, 4.69) is 4.98 Å². The Morgan fingerprint density at radius 1 is 1.06 bits per heavy atom. The van der Waals surface area contributed by atoms with Crippen LogP contribution in [0.4, 0.5) is 4.79 Å². The Labute approximate surface area is 98.8 Å². The molecule has 0 aliphatic heterocycles. The summed E-state index contributed by atoms with van der Waals surface area (Å²) in [6, 6.07) is 13.3. The van der Waals surface area contributed by atoms with Crippen molar-refractivity contribution < 1.29 is 9.53 Å². The maximum absolute atomic E-state index is 10.7. The molecule has 3 rings (SSSR count). The predicted octanol–water partition coefficient (Wildman–Crippen LogP) is 2.99. The molecule has 1 aromatic heterocycles. The van der Waals surface area contributed by atoms with Gasteiger partial charge in [-0.2, -0.15) is 0 Å². The average Bonchev–Trinajstić information content (AvgIpc) is 2.66. The lowest BCUT2D eigenvalue weighted by atomic mass is 10.1. The molecule has 0 saturated heterocycles. The van der Waals surface area contributed by atoms with E-state index in [9.17, 15) is 4.79 Å². The Balaban J connectivity index is 2.26. The summed E-state index contributed by atoms with van der Waals surface area (Å²) in [6.07, 6.45) is 0. The van der Waals surface area contributed by atoms with Gasteiger partial charge in [-0.25, -0.2) is 0 Å². The fourth-order valence-electron chi connectivity index (χ4n) is 2.01. The molecule has 1 N–H and O–H groups in total. The fourth-order valence-corrected chi connectivity index (χ4v) is 2.01. The van der Waals surface area contributed by atoms with Crippen LogP contribution < -0.4 is 4.74 Å². The number of carbonyl (C=O) groups is 1. The van der Waals surface area contributed by atoms with E-state index in [4.69, 9.17) is 12.6 Å². The normalized spacial score (nSPS) is 10.8. The first kappa shape index (κ1) is 9.96. The number of H-pyrrole nitrogens is 1. The third-order valence-electron chi connectivity index (χ3n) is 2.70. The Morgan fingerprint density at radius 3 is 2.65 bits per heavy atom. The first-order valence-electron chi connectivity index (χ1n) is 5.22. The molecule has 4 heteroatoms. The molecule has 1 heterocycles. The zero-order chi connectivity index (χ0) is 11.8. The van der Waals surface area contributed by atoms with Crippen LogP contribution in [-0.4, -0.2) is 18.7 Å². The number of benzene rings is 2. The van der Waals surface area contributed by atoms with Crippen LogP contribution in [-0.2, 0) is 0 Å². The van der Waals surface area contributed by atoms with E-state index in [1.807, 2.05) is 30.3 Å². The lowest BCUT2D eigenvalue weighted by Crippen LogP contribution is -2.03. The second-order valence-electron chi connectivity index (χ2n) is 3.80. The number of hydrogen-bond donors (Lipinski definition) is 1. The van der Waals surface area contributed by atoms with Gasteiger partial charge in [0.15, 0.2) is 0 Å². The summed E-state index contributed by atoms with van der Waals surface area (Å²) in [7, 11) is 4.99. The summed E-state index contributed by atoms with van der Waals surface area (Å²) in [5, 5.41) is 2.11. The number of hydrogen-bond acceptors (Lipinski definition) is 2. The zero-order valence-corrected chi connectivity index (χ0v) is 8.94. The number of carbonyl (C=O) groups excluding carboxylic acids is 1. The van der Waals surface area contributed by atoms with Gasteiger partial charge in [-0.05, 0) is 24.3 Å². The number of fused-ring (bicyclic) bond motifs is 3. The van der Waals surface area contributed by atoms with E-state index in [0.717, 1.165) is 21.8 Å². The van der Waals surface area contributed by atoms with Crippen molar-refractivity contribution in [2.75, 3.05) is 0 Å². The molecule has 2 radical (unpaired) electrons. The van der Waals surface area contributed by atoms with Gasteiger partial charge in [0.1, 0.15) is 5.75 Å². The van der Waals surface area contributed by atoms with Crippen molar-refractivity contribution in [2.24, 2.45) is 0 Å². The van der Waals surface area contributed by atoms with Gasteiger partial charge in [0, 0.05) is 21.8 Å². The smallest absolute Gasteiger partial charge is 0.241 e. The highest BCUT2D eigenvalue weighted by Crippen LogP contribution is 2.28. The van der Waals surface area contributed by atoms with Crippen LogP contribution in [0, 0.1) is 0 Å². The fraction of sp³-hybridized carbons (Fsp3) is 0. The number of nitrogens with one attached hydrogen (secondary N) is 1. The van der Waals surface area contributed by atoms with E-state index in [-0.39, 0.29) is 0 Å². The molecule has 0 fully saturated rings. The monoisotopic (exact) mass is 221 g/mol. The Morgan fingerprint density at radius 2 is 1.82 bits per heavy atom. The third-order valence-corrected chi connectivity index (χ3v) is 2.70. The van der Waals surface area contributed by atoms with Crippen molar-refractivity contribution in [1.29, 1.82) is 0 Å². The van der Waals surface area contributed by atoms with Crippen LogP contribution >= 0.6 is 0 Å². The molecule has 0 spiro atoms. The van der Waals surface area contributed by atoms with Gasteiger partial charge in [-0.1, -0.05) is 18.2 Å². The topological polar surface area (TPSA) is 42.1 Å². The van der Waals surface area contributed by atoms with Crippen molar-refractivity contribution in [3.63, 3.8) is 0 Å². The summed E-state index contributed by atoms with van der Waals surface area (Å²) in [4.78, 5) is 14.0. The highest BCUT2D eigenvalue weighted by Gasteiger charge is 2.05. The predicted molar refractivity (Wildman–Crippen MR) is 67.6 cm³/mol. The first-order chi connectivity index (χ1) is 8.24. The minimum absolute atomic E-state index is 0.453. The summed E-state index contributed by atoms with van der Waals surface area (Å²) in [6.45, 7) is 0. The van der Waals surface area contributed by atoms with Gasteiger partial charge in [-0.15, -0.1) is 0 Å². The van der Waals surface area contributed by atoms with Crippen molar-refractivity contribution in [3.05, 3.63) is 42.5 Å². The average molecular weight is 221 g/mol. The molecule has 2 aromatic carbocycles. The molecule has 0 aliphatic carbocycles. The largest absolute Gasteiger partial charge is 0.436 e. The summed E-state index contributed by atoms with van der Waals surface area (Å²) < 4.78 is 4.87. The van der Waals surface area contributed by atoms with E-state index >= 15 is 0 Å². The molecule has 80 valence electrons. The third kappa shape index (κ3) is 1.67. The number of aromatic amines is 1. The van der Waals surface area contributed by atoms with Crippen LogP contribution in [0.1, 0.15) is 0 Å². The molecule has 0 unspecified atom stereocenters. The van der Waals surface area contributed by atoms with Crippen molar-refractivity contribution in [3.8, 4) is 5.75 Å². The summed E-state index contributed by atoms with van der Waals surface area (Å²) >= 11 is 0. The molecule has 0 bridgehead atoms. The standard InChI is InChI=1S/C13H8BNO2/c14-13(16)17-8-5-6-12-10(7-8)9-3-1-2-4-11(9)15-12/h1-7,15H. The van der Waals surface area contributed by atoms with Crippen LogP contribution in [0.5, 0.6) is 5.75 Å². The van der Waals surface area contributed by atoms with Gasteiger partial charge < -0.3 is 9.72 Å². The molecular weight excluding hydrogens is 213 g/mol. The minimum Gasteiger partial charge on any atom is -0.436 e. The maximum Gasteiger partial charge on any atom is 0.241 e. The molecular formula is C13H8BNO2. The molecule has 3 aromatic rings. The molecule has 3 nitrogen and oxygen atoms in total. The van der Waals surface area contributed by atoms with Gasteiger partial charge in [0.25, 0.3) is 0 Å². The number of para-hydroxylation sites is 1. The Bertz CT molecular complexity index is 718. The van der Waals surface area contributed by atoms with Gasteiger partial charge in [-0.3, -0.25) is 4.79 Å². The van der Waals surface area contributed by atoms with Gasteiger partial charge >= 0.3 is 0 Å². The highest BCUT2D eigenvalue weighted by atomic mass is 16.5. The molecule has 17 heavy (non-hydrogen) atoms. The van der Waals surface area contributed by atoms with E-state index < -0.39 is 5.87 Å². The van der Waals surface area contributed by atoms with Crippen LogP contribution in [0.15, 0.2) is 42.5 Å². The molecule has 0 saturated carbocycles. The van der Waals surface area contributed by atoms with Crippen LogP contribution in [0.3, 0.4) is 0 Å². The SMILES string of the molecule is [B]C(=O)Oc1ccc2[nH]c3ccccc3c2c1. The number of ether oxygens (including phenoxy) is 1. The summed E-state index contributed by atoms with van der Waals surface area (Å²) in [5.41, 5.74) is 2.06. The van der Waals surface area contributed by atoms with Gasteiger partial charge in [0.05, 0.1) is 0 Å². The number of rotatable bonds is 1. The lowest BCUT2D eigenvalue weighted by molar-refractivity contribution is 0.225. The highest BCUT2D eigenvalue weighted by molar-refractivity contribution is 6.55. The first-order valence-corrected chi connectivity index (χ1v) is 5.22. The Hall–Kier alpha value is -2.23. The maximum atomic E-state index is 10.7. The van der Waals surface area contributed by atoms with Crippen LogP contribution in [0.2, 0.25) is 0 Å². The Kier molecular flexibility index (Phi) is 2.15. The quantitative estimate of drug-likeness (QED) is 0.641. The molecule has 0 aliphatic rings. The number of aromatic nitrogens is 1. The zero-order valence-electron chi connectivity index (χ0n) is 8.94. The molecule has 0 amide bonds. The van der Waals surface area contributed by atoms with Crippen molar-refractivity contribution >= 4 is 35.5 Å². The van der Waals surface area contributed by atoms with Crippen LogP contribution in [0.25, 0.3) is 21.8 Å². The van der Waals surface area contributed by atoms with E-state index in [1.54, 1.807) is 12.1 Å². The van der Waals surface area contributed by atoms with Crippen molar-refractivity contribution in [1.82, 2.24) is 4.98 Å². The second-order valence-corrected chi connectivity index (χ2v) is 3.80. The van der Waals surface area contributed by atoms with Gasteiger partial charge in [0.2, 0.25) is 13.7 Å². The van der Waals surface area contributed by atoms with E-state index in [0.29, 0.717) is 5.75 Å². The minimum atomic E-state index is -0.802. The summed E-state index contributed by atoms with van der Waals surface area (Å²) in [5.74, 6) is -0.348. The molecule has 0 atom stereocenters. The van der Waals surface area contributed by atoms with Crippen molar-refractivity contribution in [2.45, 2.75) is 0 Å². The van der Waals surface area contributed by atoms with E-state index in [1.165, 1.54) is 0 Å². The lowest BCUT2D eigenvalue weighted by Gasteiger charge is -2.01. The second kappa shape index (κ2) is 3.66.